The zero-order valence-electron chi connectivity index (χ0n) is 15.6. The quantitative estimate of drug-likeness (QED) is 0.684. The molecular weight excluding hydrogens is 354 g/mol. The van der Waals surface area contributed by atoms with Gasteiger partial charge in [0.1, 0.15) is 0 Å². The Bertz CT molecular complexity index is 670. The van der Waals surface area contributed by atoms with Crippen LogP contribution in [0.25, 0.3) is 0 Å². The summed E-state index contributed by atoms with van der Waals surface area (Å²) in [6, 6.07) is 7.40. The number of carbonyl (C=O) groups is 1. The zero-order chi connectivity index (χ0) is 19.0. The Labute approximate surface area is 156 Å². The lowest BCUT2D eigenvalue weighted by atomic mass is 10.1. The molecule has 8 heteroatoms. The third-order valence-electron chi connectivity index (χ3n) is 4.43. The van der Waals surface area contributed by atoms with E-state index in [0.29, 0.717) is 12.2 Å². The fourth-order valence-electron chi connectivity index (χ4n) is 2.85. The van der Waals surface area contributed by atoms with Gasteiger partial charge in [-0.1, -0.05) is 19.1 Å². The molecule has 1 saturated heterocycles. The maximum atomic E-state index is 12.1. The first-order valence-corrected chi connectivity index (χ1v) is 10.9. The van der Waals surface area contributed by atoms with Crippen LogP contribution in [0.15, 0.2) is 24.3 Å². The first-order valence-electron chi connectivity index (χ1n) is 9.03. The lowest BCUT2D eigenvalue weighted by Gasteiger charge is -2.26. The molecule has 7 nitrogen and oxygen atoms in total. The first-order chi connectivity index (χ1) is 12.4. The number of ether oxygens (including phenoxy) is 1. The summed E-state index contributed by atoms with van der Waals surface area (Å²) in [5.41, 5.74) is 1.73. The first kappa shape index (κ1) is 20.7. The molecule has 0 bridgehead atoms. The molecular formula is C18H29N3O4S. The minimum absolute atomic E-state index is 0.131. The Hall–Kier alpha value is -1.64. The summed E-state index contributed by atoms with van der Waals surface area (Å²) >= 11 is 0. The van der Waals surface area contributed by atoms with Gasteiger partial charge >= 0.3 is 0 Å². The molecule has 0 radical (unpaired) electrons. The highest BCUT2D eigenvalue weighted by Crippen LogP contribution is 2.19. The van der Waals surface area contributed by atoms with Gasteiger partial charge in [-0.3, -0.25) is 14.0 Å². The van der Waals surface area contributed by atoms with Gasteiger partial charge in [0.15, 0.2) is 0 Å². The van der Waals surface area contributed by atoms with Crippen molar-refractivity contribution in [2.75, 3.05) is 56.5 Å². The van der Waals surface area contributed by atoms with E-state index >= 15 is 0 Å². The highest BCUT2D eigenvalue weighted by molar-refractivity contribution is 7.92. The van der Waals surface area contributed by atoms with E-state index in [1.54, 1.807) is 12.1 Å². The van der Waals surface area contributed by atoms with E-state index < -0.39 is 10.0 Å². The van der Waals surface area contributed by atoms with Crippen LogP contribution in [0.3, 0.4) is 0 Å². The van der Waals surface area contributed by atoms with E-state index in [0.717, 1.165) is 51.1 Å². The van der Waals surface area contributed by atoms with Crippen LogP contribution in [0.1, 0.15) is 18.9 Å². The summed E-state index contributed by atoms with van der Waals surface area (Å²) in [5, 5.41) is 2.86. The molecule has 0 spiro atoms. The molecule has 146 valence electrons. The molecule has 26 heavy (non-hydrogen) atoms. The Morgan fingerprint density at radius 2 is 1.88 bits per heavy atom. The van der Waals surface area contributed by atoms with Crippen LogP contribution in [-0.2, 0) is 26.0 Å². The molecule has 1 aliphatic rings. The second-order valence-electron chi connectivity index (χ2n) is 6.41. The van der Waals surface area contributed by atoms with Crippen LogP contribution in [0.2, 0.25) is 0 Å². The molecule has 2 rings (SSSR count). The van der Waals surface area contributed by atoms with E-state index in [9.17, 15) is 13.2 Å². The van der Waals surface area contributed by atoms with Crippen molar-refractivity contribution in [3.8, 4) is 0 Å². The summed E-state index contributed by atoms with van der Waals surface area (Å²) in [4.78, 5) is 14.3. The van der Waals surface area contributed by atoms with Gasteiger partial charge in [-0.2, -0.15) is 0 Å². The van der Waals surface area contributed by atoms with Gasteiger partial charge in [0.05, 0.1) is 25.2 Å². The van der Waals surface area contributed by atoms with Crippen molar-refractivity contribution < 1.29 is 17.9 Å². The van der Waals surface area contributed by atoms with E-state index in [-0.39, 0.29) is 18.9 Å². The van der Waals surface area contributed by atoms with Gasteiger partial charge in [-0.05, 0) is 24.1 Å². The number of aryl methyl sites for hydroxylation is 1. The van der Waals surface area contributed by atoms with Crippen LogP contribution < -0.4 is 9.62 Å². The molecule has 1 N–H and O–H groups in total. The van der Waals surface area contributed by atoms with Crippen molar-refractivity contribution in [3.05, 3.63) is 29.8 Å². The van der Waals surface area contributed by atoms with Gasteiger partial charge in [0.2, 0.25) is 15.9 Å². The molecule has 1 fully saturated rings. The van der Waals surface area contributed by atoms with Gasteiger partial charge < -0.3 is 10.1 Å². The summed E-state index contributed by atoms with van der Waals surface area (Å²) in [5.74, 6) is -0.142. The number of amides is 1. The lowest BCUT2D eigenvalue weighted by Crippen LogP contribution is -2.42. The number of rotatable bonds is 9. The van der Waals surface area contributed by atoms with Gasteiger partial charge in [0.25, 0.3) is 0 Å². The van der Waals surface area contributed by atoms with Crippen LogP contribution in [-0.4, -0.2) is 71.4 Å². The summed E-state index contributed by atoms with van der Waals surface area (Å²) < 4.78 is 30.8. The van der Waals surface area contributed by atoms with Crippen LogP contribution >= 0.6 is 0 Å². The van der Waals surface area contributed by atoms with Crippen LogP contribution in [0.5, 0.6) is 0 Å². The monoisotopic (exact) mass is 383 g/mol. The van der Waals surface area contributed by atoms with Crippen molar-refractivity contribution in [2.24, 2.45) is 0 Å². The predicted octanol–water partition coefficient (Wildman–Crippen LogP) is 0.854. The topological polar surface area (TPSA) is 79.0 Å². The van der Waals surface area contributed by atoms with Crippen molar-refractivity contribution in [2.45, 2.75) is 19.8 Å². The molecule has 1 aromatic carbocycles. The minimum Gasteiger partial charge on any atom is -0.379 e. The molecule has 1 aliphatic heterocycles. The lowest BCUT2D eigenvalue weighted by molar-refractivity contribution is -0.120. The number of morpholine rings is 1. The average Bonchev–Trinajstić information content (AvgIpc) is 2.62. The van der Waals surface area contributed by atoms with Crippen molar-refractivity contribution in [1.29, 1.82) is 0 Å². The fourth-order valence-corrected chi connectivity index (χ4v) is 3.78. The predicted molar refractivity (Wildman–Crippen MR) is 103 cm³/mol. The van der Waals surface area contributed by atoms with Crippen molar-refractivity contribution in [3.63, 3.8) is 0 Å². The van der Waals surface area contributed by atoms with E-state index in [4.69, 9.17) is 4.74 Å². The standard InChI is InChI=1S/C18H29N3O4S/c1-3-16-4-6-17(7-5-16)21(26(2,23)24)10-8-18(22)19-9-11-20-12-14-25-15-13-20/h4-7H,3,8-15H2,1-2H3,(H,19,22). The second-order valence-corrected chi connectivity index (χ2v) is 8.32. The normalized spacial score (nSPS) is 15.6. The van der Waals surface area contributed by atoms with Crippen molar-refractivity contribution >= 4 is 21.6 Å². The Balaban J connectivity index is 1.83. The highest BCUT2D eigenvalue weighted by atomic mass is 32.2. The van der Waals surface area contributed by atoms with Crippen LogP contribution in [0, 0.1) is 0 Å². The smallest absolute Gasteiger partial charge is 0.232 e. The summed E-state index contributed by atoms with van der Waals surface area (Å²) in [6.07, 6.45) is 2.19. The molecule has 1 amide bonds. The molecule has 0 unspecified atom stereocenters. The van der Waals surface area contributed by atoms with Gasteiger partial charge in [0, 0.05) is 39.1 Å². The Morgan fingerprint density at radius 1 is 1.23 bits per heavy atom. The third-order valence-corrected chi connectivity index (χ3v) is 5.62. The van der Waals surface area contributed by atoms with E-state index in [1.807, 2.05) is 19.1 Å². The highest BCUT2D eigenvalue weighted by Gasteiger charge is 2.18. The summed E-state index contributed by atoms with van der Waals surface area (Å²) in [7, 11) is -3.44. The Kier molecular flexibility index (Phi) is 7.86. The van der Waals surface area contributed by atoms with Gasteiger partial charge in [-0.25, -0.2) is 8.42 Å². The molecule has 1 aromatic rings. The molecule has 0 aromatic heterocycles. The minimum atomic E-state index is -3.44. The number of benzene rings is 1. The fraction of sp³-hybridized carbons (Fsp3) is 0.611. The number of nitrogens with one attached hydrogen (secondary N) is 1. The number of carbonyl (C=O) groups excluding carboxylic acids is 1. The molecule has 0 atom stereocenters. The maximum absolute atomic E-state index is 12.1. The third kappa shape index (κ3) is 6.59. The molecule has 0 aliphatic carbocycles. The zero-order valence-corrected chi connectivity index (χ0v) is 16.4. The van der Waals surface area contributed by atoms with E-state index in [1.165, 1.54) is 4.31 Å². The number of hydrogen-bond donors (Lipinski definition) is 1. The number of anilines is 1. The largest absolute Gasteiger partial charge is 0.379 e. The second kappa shape index (κ2) is 9.89. The SMILES string of the molecule is CCc1ccc(N(CCC(=O)NCCN2CCOCC2)S(C)(=O)=O)cc1. The average molecular weight is 384 g/mol. The van der Waals surface area contributed by atoms with Crippen molar-refractivity contribution in [1.82, 2.24) is 10.2 Å². The van der Waals surface area contributed by atoms with E-state index in [2.05, 4.69) is 10.2 Å². The number of hydrogen-bond acceptors (Lipinski definition) is 5. The molecule has 1 heterocycles. The van der Waals surface area contributed by atoms with Gasteiger partial charge in [-0.15, -0.1) is 0 Å². The number of sulfonamides is 1. The van der Waals surface area contributed by atoms with Crippen LogP contribution in [0.4, 0.5) is 5.69 Å². The molecule has 0 saturated carbocycles. The Morgan fingerprint density at radius 3 is 2.46 bits per heavy atom. The maximum Gasteiger partial charge on any atom is 0.232 e. The number of nitrogens with zero attached hydrogens (tertiary/aromatic N) is 2. The summed E-state index contributed by atoms with van der Waals surface area (Å²) in [6.45, 7) is 6.74.